The largest absolute Gasteiger partial charge is 0.573 e. The van der Waals surface area contributed by atoms with Gasteiger partial charge in [0, 0.05) is 13.1 Å². The van der Waals surface area contributed by atoms with Gasteiger partial charge in [0.05, 0.1) is 0 Å². The lowest BCUT2D eigenvalue weighted by molar-refractivity contribution is -0.274. The van der Waals surface area contributed by atoms with E-state index in [1.54, 1.807) is 12.1 Å². The molecule has 1 fully saturated rings. The van der Waals surface area contributed by atoms with E-state index in [-0.39, 0.29) is 23.6 Å². The second-order valence-electron chi connectivity index (χ2n) is 5.67. The van der Waals surface area contributed by atoms with Gasteiger partial charge in [0.15, 0.2) is 0 Å². The van der Waals surface area contributed by atoms with E-state index < -0.39 is 6.36 Å². The first kappa shape index (κ1) is 18.1. The number of ether oxygens (including phenoxy) is 1. The minimum absolute atomic E-state index is 0. The minimum atomic E-state index is -4.64. The van der Waals surface area contributed by atoms with Crippen LogP contribution in [0.25, 0.3) is 0 Å². The molecule has 0 saturated carbocycles. The summed E-state index contributed by atoms with van der Waals surface area (Å²) in [6.45, 7) is 5.43. The van der Waals surface area contributed by atoms with Crippen LogP contribution in [0.1, 0.15) is 18.9 Å². The summed E-state index contributed by atoms with van der Waals surface area (Å²) >= 11 is 0. The molecule has 1 saturated heterocycles. The maximum Gasteiger partial charge on any atom is 0.573 e. The molecule has 2 N–H and O–H groups in total. The summed E-state index contributed by atoms with van der Waals surface area (Å²) in [4.78, 5) is 2.27. The van der Waals surface area contributed by atoms with E-state index >= 15 is 0 Å². The SMILES string of the molecule is CC1(CN)CCN(Cc2ccc(OC(F)(F)F)cc2)C1.Cl. The van der Waals surface area contributed by atoms with Crippen LogP contribution in [0.5, 0.6) is 5.75 Å². The molecular formula is C14H20ClF3N2O. The molecule has 1 atom stereocenters. The summed E-state index contributed by atoms with van der Waals surface area (Å²) in [6.07, 6.45) is -3.59. The van der Waals surface area contributed by atoms with E-state index in [0.29, 0.717) is 6.54 Å². The highest BCUT2D eigenvalue weighted by Crippen LogP contribution is 2.30. The van der Waals surface area contributed by atoms with Gasteiger partial charge >= 0.3 is 6.36 Å². The highest BCUT2D eigenvalue weighted by molar-refractivity contribution is 5.85. The maximum absolute atomic E-state index is 12.1. The Morgan fingerprint density at radius 2 is 1.90 bits per heavy atom. The Labute approximate surface area is 128 Å². The van der Waals surface area contributed by atoms with Crippen molar-refractivity contribution in [1.82, 2.24) is 4.90 Å². The summed E-state index contributed by atoms with van der Waals surface area (Å²) in [5, 5.41) is 0. The lowest BCUT2D eigenvalue weighted by Crippen LogP contribution is -2.31. The molecule has 1 aromatic rings. The van der Waals surface area contributed by atoms with Crippen molar-refractivity contribution >= 4 is 12.4 Å². The number of alkyl halides is 3. The van der Waals surface area contributed by atoms with Gasteiger partial charge in [-0.15, -0.1) is 25.6 Å². The third-order valence-corrected chi connectivity index (χ3v) is 3.69. The lowest BCUT2D eigenvalue weighted by Gasteiger charge is -2.22. The smallest absolute Gasteiger partial charge is 0.406 e. The molecule has 1 aliphatic heterocycles. The minimum Gasteiger partial charge on any atom is -0.406 e. The van der Waals surface area contributed by atoms with Crippen LogP contribution in [0.4, 0.5) is 13.2 Å². The van der Waals surface area contributed by atoms with Crippen LogP contribution < -0.4 is 10.5 Å². The lowest BCUT2D eigenvalue weighted by atomic mass is 9.90. The van der Waals surface area contributed by atoms with Crippen LogP contribution in [0.2, 0.25) is 0 Å². The summed E-state index contributed by atoms with van der Waals surface area (Å²) in [5.41, 5.74) is 6.88. The van der Waals surface area contributed by atoms with Crippen molar-refractivity contribution in [2.75, 3.05) is 19.6 Å². The first-order chi connectivity index (χ1) is 9.30. The molecule has 7 heteroatoms. The Hall–Kier alpha value is -0.980. The quantitative estimate of drug-likeness (QED) is 0.924. The zero-order valence-corrected chi connectivity index (χ0v) is 12.6. The van der Waals surface area contributed by atoms with E-state index in [1.165, 1.54) is 12.1 Å². The van der Waals surface area contributed by atoms with Crippen molar-refractivity contribution in [2.24, 2.45) is 11.1 Å². The Morgan fingerprint density at radius 1 is 1.29 bits per heavy atom. The van der Waals surface area contributed by atoms with Crippen LogP contribution >= 0.6 is 12.4 Å². The fourth-order valence-electron chi connectivity index (χ4n) is 2.48. The standard InChI is InChI=1S/C14H19F3N2O.ClH/c1-13(9-18)6-7-19(10-13)8-11-2-4-12(5-3-11)20-14(15,16)17;/h2-5H,6-10,18H2,1H3;1H. The summed E-state index contributed by atoms with van der Waals surface area (Å²) in [6, 6.07) is 6.03. The number of rotatable bonds is 4. The molecule has 0 spiro atoms. The fraction of sp³-hybridized carbons (Fsp3) is 0.571. The van der Waals surface area contributed by atoms with Gasteiger partial charge in [0.1, 0.15) is 5.75 Å². The Balaban J connectivity index is 0.00000220. The Bertz CT molecular complexity index is 453. The van der Waals surface area contributed by atoms with Crippen LogP contribution in [-0.2, 0) is 6.54 Å². The first-order valence-electron chi connectivity index (χ1n) is 6.57. The van der Waals surface area contributed by atoms with Gasteiger partial charge in [0.25, 0.3) is 0 Å². The van der Waals surface area contributed by atoms with Crippen molar-refractivity contribution in [1.29, 1.82) is 0 Å². The molecule has 3 nitrogen and oxygen atoms in total. The molecule has 1 unspecified atom stereocenters. The van der Waals surface area contributed by atoms with E-state index in [4.69, 9.17) is 5.73 Å². The number of likely N-dealkylation sites (tertiary alicyclic amines) is 1. The van der Waals surface area contributed by atoms with E-state index in [2.05, 4.69) is 16.6 Å². The average molecular weight is 325 g/mol. The predicted molar refractivity (Wildman–Crippen MR) is 77.4 cm³/mol. The van der Waals surface area contributed by atoms with Crippen LogP contribution in [0, 0.1) is 5.41 Å². The molecular weight excluding hydrogens is 305 g/mol. The van der Waals surface area contributed by atoms with Gasteiger partial charge in [-0.1, -0.05) is 19.1 Å². The number of benzene rings is 1. The maximum atomic E-state index is 12.1. The Morgan fingerprint density at radius 3 is 2.38 bits per heavy atom. The molecule has 120 valence electrons. The number of halogens is 4. The summed E-state index contributed by atoms with van der Waals surface area (Å²) in [7, 11) is 0. The van der Waals surface area contributed by atoms with Gasteiger partial charge in [-0.2, -0.15) is 0 Å². The fourth-order valence-corrected chi connectivity index (χ4v) is 2.48. The second kappa shape index (κ2) is 6.85. The van der Waals surface area contributed by atoms with Crippen molar-refractivity contribution in [3.63, 3.8) is 0 Å². The average Bonchev–Trinajstić information content (AvgIpc) is 2.73. The number of nitrogens with two attached hydrogens (primary N) is 1. The molecule has 0 aromatic heterocycles. The van der Waals surface area contributed by atoms with E-state index in [0.717, 1.165) is 31.6 Å². The van der Waals surface area contributed by atoms with Gasteiger partial charge < -0.3 is 10.5 Å². The number of hydrogen-bond donors (Lipinski definition) is 1. The normalized spacial score (nSPS) is 22.9. The molecule has 0 amide bonds. The molecule has 0 aliphatic carbocycles. The number of hydrogen-bond acceptors (Lipinski definition) is 3. The zero-order chi connectivity index (χ0) is 14.8. The highest BCUT2D eigenvalue weighted by Gasteiger charge is 2.32. The van der Waals surface area contributed by atoms with Crippen LogP contribution in [-0.4, -0.2) is 30.9 Å². The van der Waals surface area contributed by atoms with Crippen molar-refractivity contribution in [2.45, 2.75) is 26.3 Å². The van der Waals surface area contributed by atoms with Gasteiger partial charge in [-0.3, -0.25) is 4.90 Å². The third kappa shape index (κ3) is 5.37. The Kier molecular flexibility index (Phi) is 5.90. The van der Waals surface area contributed by atoms with Gasteiger partial charge in [0.2, 0.25) is 0 Å². The van der Waals surface area contributed by atoms with Gasteiger partial charge in [-0.05, 0) is 42.6 Å². The molecule has 1 aliphatic rings. The van der Waals surface area contributed by atoms with Crippen molar-refractivity contribution in [3.8, 4) is 5.75 Å². The highest BCUT2D eigenvalue weighted by atomic mass is 35.5. The van der Waals surface area contributed by atoms with Gasteiger partial charge in [-0.25, -0.2) is 0 Å². The summed E-state index contributed by atoms with van der Waals surface area (Å²) < 4.78 is 40.0. The first-order valence-corrected chi connectivity index (χ1v) is 6.57. The van der Waals surface area contributed by atoms with Crippen molar-refractivity contribution < 1.29 is 17.9 Å². The molecule has 2 rings (SSSR count). The van der Waals surface area contributed by atoms with Crippen molar-refractivity contribution in [3.05, 3.63) is 29.8 Å². The molecule has 1 heterocycles. The van der Waals surface area contributed by atoms with Crippen LogP contribution in [0.3, 0.4) is 0 Å². The summed E-state index contributed by atoms with van der Waals surface area (Å²) in [5.74, 6) is -0.186. The topological polar surface area (TPSA) is 38.5 Å². The molecule has 1 aromatic carbocycles. The molecule has 21 heavy (non-hydrogen) atoms. The molecule has 0 radical (unpaired) electrons. The molecule has 0 bridgehead atoms. The van der Waals surface area contributed by atoms with E-state index in [1.807, 2.05) is 0 Å². The zero-order valence-electron chi connectivity index (χ0n) is 11.8. The van der Waals surface area contributed by atoms with E-state index in [9.17, 15) is 13.2 Å². The third-order valence-electron chi connectivity index (χ3n) is 3.69. The number of nitrogens with zero attached hydrogens (tertiary/aromatic N) is 1. The monoisotopic (exact) mass is 324 g/mol. The van der Waals surface area contributed by atoms with Crippen LogP contribution in [0.15, 0.2) is 24.3 Å². The predicted octanol–water partition coefficient (Wildman–Crippen LogP) is 3.18. The second-order valence-corrected chi connectivity index (χ2v) is 5.67.